The zero-order valence-electron chi connectivity index (χ0n) is 10.8. The minimum atomic E-state index is 0.0740. The Hall–Kier alpha value is -1.17. The molecule has 100 valence electrons. The predicted octanol–water partition coefficient (Wildman–Crippen LogP) is 2.80. The van der Waals surface area contributed by atoms with Crippen LogP contribution in [-0.2, 0) is 4.79 Å². The maximum atomic E-state index is 11.8. The van der Waals surface area contributed by atoms with Gasteiger partial charge in [-0.1, -0.05) is 73.4 Å². The minimum absolute atomic E-state index is 0.0740. The smallest absolute Gasteiger partial charge is 0.253 e. The maximum Gasteiger partial charge on any atom is 0.253 e. The Balaban J connectivity index is 1.98. The third-order valence-electron chi connectivity index (χ3n) is 2.80. The quantitative estimate of drug-likeness (QED) is 0.779. The van der Waals surface area contributed by atoms with Crippen molar-refractivity contribution >= 4 is 40.3 Å². The number of thioether (sulfide) groups is 1. The Morgan fingerprint density at radius 1 is 1.42 bits per heavy atom. The van der Waals surface area contributed by atoms with Crippen LogP contribution in [0.1, 0.15) is 12.5 Å². The van der Waals surface area contributed by atoms with Gasteiger partial charge in [-0.2, -0.15) is 0 Å². The van der Waals surface area contributed by atoms with Gasteiger partial charge in [0.2, 0.25) is 0 Å². The first-order valence-corrected chi connectivity index (χ1v) is 7.58. The molecule has 0 N–H and O–H groups in total. The number of hydrazine groups is 1. The van der Waals surface area contributed by atoms with Crippen LogP contribution in [0.5, 0.6) is 0 Å². The van der Waals surface area contributed by atoms with E-state index in [1.165, 1.54) is 11.8 Å². The summed E-state index contributed by atoms with van der Waals surface area (Å²) in [6, 6.07) is 10.1. The van der Waals surface area contributed by atoms with Crippen LogP contribution in [-0.4, -0.2) is 39.1 Å². The lowest BCUT2D eigenvalue weighted by Gasteiger charge is -2.28. The van der Waals surface area contributed by atoms with E-state index in [0.29, 0.717) is 16.6 Å². The molecule has 0 bridgehead atoms. The number of hydrogen-bond acceptors (Lipinski definition) is 4. The molecule has 0 atom stereocenters. The number of rotatable bonds is 5. The van der Waals surface area contributed by atoms with Crippen molar-refractivity contribution in [1.82, 2.24) is 10.0 Å². The average Bonchev–Trinajstić information content (AvgIpc) is 2.76. The van der Waals surface area contributed by atoms with Gasteiger partial charge in [0.25, 0.3) is 5.91 Å². The summed E-state index contributed by atoms with van der Waals surface area (Å²) < 4.78 is 0.653. The molecule has 1 fully saturated rings. The Labute approximate surface area is 123 Å². The maximum absolute atomic E-state index is 11.8. The average molecular weight is 292 g/mol. The highest BCUT2D eigenvalue weighted by atomic mass is 32.2. The summed E-state index contributed by atoms with van der Waals surface area (Å²) in [5, 5.41) is 3.58. The first kappa shape index (κ1) is 14.2. The summed E-state index contributed by atoms with van der Waals surface area (Å²) in [7, 11) is 0. The molecule has 0 radical (unpaired) electrons. The number of carbonyl (C=O) groups excluding carboxylic acids is 1. The zero-order valence-corrected chi connectivity index (χ0v) is 12.4. The second-order valence-corrected chi connectivity index (χ2v) is 5.69. The molecule has 1 aromatic rings. The highest BCUT2D eigenvalue weighted by Gasteiger charge is 2.30. The minimum Gasteiger partial charge on any atom is -0.272 e. The molecule has 0 saturated carbocycles. The number of nitrogens with zero attached hydrogens (tertiary/aromatic N) is 2. The fourth-order valence-electron chi connectivity index (χ4n) is 1.85. The van der Waals surface area contributed by atoms with Crippen molar-refractivity contribution in [2.24, 2.45) is 0 Å². The Kier molecular flexibility index (Phi) is 5.13. The van der Waals surface area contributed by atoms with Gasteiger partial charge in [0.05, 0.1) is 5.75 Å². The van der Waals surface area contributed by atoms with Crippen LogP contribution < -0.4 is 0 Å². The van der Waals surface area contributed by atoms with Gasteiger partial charge in [-0.3, -0.25) is 4.79 Å². The first-order valence-electron chi connectivity index (χ1n) is 6.18. The monoisotopic (exact) mass is 292 g/mol. The third-order valence-corrected chi connectivity index (χ3v) is 4.14. The summed E-state index contributed by atoms with van der Waals surface area (Å²) in [6.45, 7) is 3.46. The van der Waals surface area contributed by atoms with Gasteiger partial charge in [-0.15, -0.1) is 0 Å². The number of likely N-dealkylation sites (N-methyl/N-ethyl adjacent to an activating group) is 1. The van der Waals surface area contributed by atoms with E-state index in [2.05, 4.69) is 12.2 Å². The van der Waals surface area contributed by atoms with Crippen molar-refractivity contribution in [3.63, 3.8) is 0 Å². The summed E-state index contributed by atoms with van der Waals surface area (Å²) in [5.41, 5.74) is 1.16. The topological polar surface area (TPSA) is 23.6 Å². The molecule has 1 aliphatic rings. The van der Waals surface area contributed by atoms with E-state index in [1.807, 2.05) is 42.3 Å². The lowest BCUT2D eigenvalue weighted by atomic mass is 10.2. The highest BCUT2D eigenvalue weighted by molar-refractivity contribution is 8.23. The van der Waals surface area contributed by atoms with Crippen LogP contribution in [0.3, 0.4) is 0 Å². The Morgan fingerprint density at radius 2 is 2.16 bits per heavy atom. The fourth-order valence-corrected chi connectivity index (χ4v) is 2.95. The van der Waals surface area contributed by atoms with Crippen LogP contribution >= 0.6 is 24.0 Å². The van der Waals surface area contributed by atoms with Crippen LogP contribution in [0.25, 0.3) is 6.08 Å². The molecule has 1 aromatic carbocycles. The molecule has 0 unspecified atom stereocenters. The molecule has 1 aliphatic heterocycles. The Morgan fingerprint density at radius 3 is 2.74 bits per heavy atom. The molecule has 19 heavy (non-hydrogen) atoms. The molecule has 1 amide bonds. The molecule has 0 aliphatic carbocycles. The third kappa shape index (κ3) is 3.65. The van der Waals surface area contributed by atoms with Gasteiger partial charge in [0.1, 0.15) is 0 Å². The van der Waals surface area contributed by atoms with Gasteiger partial charge in [-0.25, -0.2) is 10.0 Å². The molecule has 3 nitrogen and oxygen atoms in total. The van der Waals surface area contributed by atoms with E-state index in [4.69, 9.17) is 12.2 Å². The fraction of sp³-hybridized carbons (Fsp3) is 0.286. The largest absolute Gasteiger partial charge is 0.272 e. The number of amides is 1. The molecule has 0 aromatic heterocycles. The van der Waals surface area contributed by atoms with Gasteiger partial charge in [0, 0.05) is 13.1 Å². The molecular formula is C14H16N2OS2. The molecule has 5 heteroatoms. The van der Waals surface area contributed by atoms with Gasteiger partial charge >= 0.3 is 0 Å². The number of benzene rings is 1. The van der Waals surface area contributed by atoms with Crippen molar-refractivity contribution in [2.45, 2.75) is 6.92 Å². The summed E-state index contributed by atoms with van der Waals surface area (Å²) in [6.07, 6.45) is 4.11. The Bertz CT molecular complexity index is 471. The normalized spacial score (nSPS) is 16.0. The summed E-state index contributed by atoms with van der Waals surface area (Å²) in [4.78, 5) is 11.8. The summed E-state index contributed by atoms with van der Waals surface area (Å²) in [5.74, 6) is 0.530. The second kappa shape index (κ2) is 6.84. The standard InChI is InChI=1S/C14H16N2OS2/c1-2-15(16-13(17)11-19-14(16)18)10-6-9-12-7-4-3-5-8-12/h3-9H,2,10-11H2,1H3/b9-6+. The van der Waals surface area contributed by atoms with E-state index < -0.39 is 0 Å². The van der Waals surface area contributed by atoms with Crippen LogP contribution in [0, 0.1) is 0 Å². The zero-order chi connectivity index (χ0) is 13.7. The number of thiocarbonyl (C=S) groups is 1. The van der Waals surface area contributed by atoms with Crippen LogP contribution in [0.15, 0.2) is 36.4 Å². The van der Waals surface area contributed by atoms with Crippen molar-refractivity contribution in [2.75, 3.05) is 18.8 Å². The van der Waals surface area contributed by atoms with Crippen LogP contribution in [0.2, 0.25) is 0 Å². The lowest BCUT2D eigenvalue weighted by molar-refractivity contribution is -0.134. The van der Waals surface area contributed by atoms with Gasteiger partial charge < -0.3 is 0 Å². The first-order chi connectivity index (χ1) is 9.22. The summed E-state index contributed by atoms with van der Waals surface area (Å²) >= 11 is 6.64. The molecule has 1 heterocycles. The van der Waals surface area contributed by atoms with E-state index in [1.54, 1.807) is 5.01 Å². The van der Waals surface area contributed by atoms with Crippen LogP contribution in [0.4, 0.5) is 0 Å². The van der Waals surface area contributed by atoms with E-state index >= 15 is 0 Å². The number of carbonyl (C=O) groups is 1. The van der Waals surface area contributed by atoms with Gasteiger partial charge in [0.15, 0.2) is 4.32 Å². The predicted molar refractivity (Wildman–Crippen MR) is 84.6 cm³/mol. The SMILES string of the molecule is CCN(C/C=C/c1ccccc1)N1C(=O)CSC1=S. The molecule has 0 spiro atoms. The van der Waals surface area contributed by atoms with Crippen molar-refractivity contribution in [1.29, 1.82) is 0 Å². The highest BCUT2D eigenvalue weighted by Crippen LogP contribution is 2.21. The lowest BCUT2D eigenvalue weighted by Crippen LogP contribution is -2.45. The number of hydrogen-bond donors (Lipinski definition) is 0. The van der Waals surface area contributed by atoms with E-state index in [9.17, 15) is 4.79 Å². The van der Waals surface area contributed by atoms with Crippen molar-refractivity contribution < 1.29 is 4.79 Å². The van der Waals surface area contributed by atoms with E-state index in [0.717, 1.165) is 12.1 Å². The van der Waals surface area contributed by atoms with Crippen molar-refractivity contribution in [3.05, 3.63) is 42.0 Å². The molecule has 2 rings (SSSR count). The molecule has 1 saturated heterocycles. The van der Waals surface area contributed by atoms with E-state index in [-0.39, 0.29) is 5.91 Å². The molecular weight excluding hydrogens is 276 g/mol. The van der Waals surface area contributed by atoms with Crippen molar-refractivity contribution in [3.8, 4) is 0 Å². The van der Waals surface area contributed by atoms with Gasteiger partial charge in [-0.05, 0) is 5.56 Å². The second-order valence-electron chi connectivity index (χ2n) is 4.08.